The van der Waals surface area contributed by atoms with E-state index in [2.05, 4.69) is 17.3 Å². The van der Waals surface area contributed by atoms with Crippen molar-refractivity contribution in [2.24, 2.45) is 0 Å². The highest BCUT2D eigenvalue weighted by molar-refractivity contribution is 5.94. The Balaban J connectivity index is 1.52. The Morgan fingerprint density at radius 1 is 1.23 bits per heavy atom. The molecule has 2 aromatic rings. The van der Waals surface area contributed by atoms with E-state index >= 15 is 0 Å². The van der Waals surface area contributed by atoms with E-state index < -0.39 is 0 Å². The minimum absolute atomic E-state index is 0.0806. The van der Waals surface area contributed by atoms with Crippen LogP contribution in [0.5, 0.6) is 0 Å². The number of rotatable bonds is 5. The van der Waals surface area contributed by atoms with Crippen LogP contribution in [-0.4, -0.2) is 66.5 Å². The van der Waals surface area contributed by atoms with Gasteiger partial charge < -0.3 is 19.9 Å². The molecule has 1 aromatic heterocycles. The Morgan fingerprint density at radius 2 is 2.03 bits per heavy atom. The maximum Gasteiger partial charge on any atom is 0.253 e. The molecule has 1 atom stereocenters. The summed E-state index contributed by atoms with van der Waals surface area (Å²) in [7, 11) is 5.72. The Bertz CT molecular complexity index is 882. The van der Waals surface area contributed by atoms with Gasteiger partial charge in [-0.15, -0.1) is 0 Å². The number of anilines is 1. The quantitative estimate of drug-likeness (QED) is 0.819. The molecule has 0 saturated carbocycles. The summed E-state index contributed by atoms with van der Waals surface area (Å²) in [4.78, 5) is 27.1. The Kier molecular flexibility index (Phi) is 6.29. The molecule has 160 valence electrons. The first-order valence-electron chi connectivity index (χ1n) is 10.7. The summed E-state index contributed by atoms with van der Waals surface area (Å²) in [6.07, 6.45) is 2.92. The Labute approximate surface area is 178 Å². The number of ether oxygens (including phenoxy) is 1. The molecule has 1 N–H and O–H groups in total. The van der Waals surface area contributed by atoms with Gasteiger partial charge in [-0.05, 0) is 37.6 Å². The summed E-state index contributed by atoms with van der Waals surface area (Å²) < 4.78 is 5.15. The number of likely N-dealkylation sites (tertiary alicyclic amines) is 1. The van der Waals surface area contributed by atoms with Gasteiger partial charge in [-0.3, -0.25) is 4.79 Å². The molecule has 3 heterocycles. The lowest BCUT2D eigenvalue weighted by Crippen LogP contribution is -2.40. The topological polar surface area (TPSA) is 70.6 Å². The fourth-order valence-corrected chi connectivity index (χ4v) is 4.42. The molecule has 7 heteroatoms. The van der Waals surface area contributed by atoms with Crippen LogP contribution in [0.3, 0.4) is 0 Å². The van der Waals surface area contributed by atoms with Crippen molar-refractivity contribution in [3.63, 3.8) is 0 Å². The zero-order valence-electron chi connectivity index (χ0n) is 18.1. The number of methoxy groups -OCH3 is 1. The van der Waals surface area contributed by atoms with Crippen LogP contribution in [-0.2, 0) is 24.3 Å². The average molecular weight is 410 g/mol. The van der Waals surface area contributed by atoms with E-state index in [9.17, 15) is 4.79 Å². The molecule has 2 aliphatic rings. The molecule has 0 radical (unpaired) electrons. The van der Waals surface area contributed by atoms with Crippen molar-refractivity contribution in [3.05, 3.63) is 52.5 Å². The molecule has 4 rings (SSSR count). The van der Waals surface area contributed by atoms with Gasteiger partial charge in [0.05, 0.1) is 12.3 Å². The van der Waals surface area contributed by atoms with Gasteiger partial charge in [0, 0.05) is 63.8 Å². The maximum atomic E-state index is 13.1. The minimum Gasteiger partial charge on any atom is -0.380 e. The van der Waals surface area contributed by atoms with Crippen LogP contribution in [0.2, 0.25) is 0 Å². The number of fused-ring (bicyclic) bond motifs is 1. The van der Waals surface area contributed by atoms with Crippen molar-refractivity contribution in [1.29, 1.82) is 0 Å². The largest absolute Gasteiger partial charge is 0.380 e. The van der Waals surface area contributed by atoms with E-state index in [1.807, 2.05) is 36.2 Å². The van der Waals surface area contributed by atoms with Crippen LogP contribution in [0.25, 0.3) is 0 Å². The van der Waals surface area contributed by atoms with Crippen LogP contribution in [0, 0.1) is 0 Å². The number of piperidine rings is 1. The molecule has 1 aromatic carbocycles. The first-order valence-corrected chi connectivity index (χ1v) is 10.7. The molecular weight excluding hydrogens is 378 g/mol. The second-order valence-corrected chi connectivity index (χ2v) is 8.31. The van der Waals surface area contributed by atoms with Crippen LogP contribution < -0.4 is 5.32 Å². The van der Waals surface area contributed by atoms with Crippen molar-refractivity contribution in [1.82, 2.24) is 19.8 Å². The molecule has 0 aliphatic carbocycles. The van der Waals surface area contributed by atoms with Crippen molar-refractivity contribution in [2.45, 2.75) is 38.3 Å². The summed E-state index contributed by atoms with van der Waals surface area (Å²) in [5.74, 6) is 2.05. The van der Waals surface area contributed by atoms with E-state index in [0.717, 1.165) is 67.4 Å². The third-order valence-electron chi connectivity index (χ3n) is 6.09. The average Bonchev–Trinajstić information content (AvgIpc) is 2.78. The second kappa shape index (κ2) is 9.10. The molecule has 0 unspecified atom stereocenters. The van der Waals surface area contributed by atoms with Crippen LogP contribution in [0.4, 0.5) is 5.82 Å². The van der Waals surface area contributed by atoms with Gasteiger partial charge in [0.1, 0.15) is 11.6 Å². The summed E-state index contributed by atoms with van der Waals surface area (Å²) in [5.41, 5.74) is 4.15. The number of aromatic nitrogens is 2. The zero-order chi connectivity index (χ0) is 21.1. The van der Waals surface area contributed by atoms with Crippen LogP contribution in [0.15, 0.2) is 24.3 Å². The maximum absolute atomic E-state index is 13.1. The highest BCUT2D eigenvalue weighted by Gasteiger charge is 2.29. The molecule has 1 saturated heterocycles. The van der Waals surface area contributed by atoms with E-state index in [1.165, 1.54) is 5.56 Å². The number of benzene rings is 1. The molecule has 1 fully saturated rings. The molecule has 0 spiro atoms. The van der Waals surface area contributed by atoms with Crippen molar-refractivity contribution in [2.75, 3.05) is 46.2 Å². The number of nitrogens with zero attached hydrogens (tertiary/aromatic N) is 4. The van der Waals surface area contributed by atoms with Gasteiger partial charge in [0.2, 0.25) is 0 Å². The summed E-state index contributed by atoms with van der Waals surface area (Å²) in [6, 6.07) is 7.71. The van der Waals surface area contributed by atoms with Gasteiger partial charge in [-0.1, -0.05) is 12.1 Å². The van der Waals surface area contributed by atoms with E-state index in [-0.39, 0.29) is 11.8 Å². The predicted octanol–water partition coefficient (Wildman–Crippen LogP) is 2.67. The van der Waals surface area contributed by atoms with Gasteiger partial charge >= 0.3 is 0 Å². The van der Waals surface area contributed by atoms with Crippen LogP contribution >= 0.6 is 0 Å². The summed E-state index contributed by atoms with van der Waals surface area (Å²) in [6.45, 7) is 3.89. The summed E-state index contributed by atoms with van der Waals surface area (Å²) >= 11 is 0. The highest BCUT2D eigenvalue weighted by atomic mass is 16.5. The number of carbonyl (C=O) groups is 1. The third kappa shape index (κ3) is 4.32. The molecular formula is C23H31N5O2. The smallest absolute Gasteiger partial charge is 0.253 e. The lowest BCUT2D eigenvalue weighted by molar-refractivity contribution is 0.0704. The van der Waals surface area contributed by atoms with Gasteiger partial charge in [-0.25, -0.2) is 9.97 Å². The monoisotopic (exact) mass is 409 g/mol. The predicted molar refractivity (Wildman–Crippen MR) is 117 cm³/mol. The fraction of sp³-hybridized carbons (Fsp3) is 0.522. The SMILES string of the molecule is CNc1nc([C@H]2CCCN(C(=O)c3ccc(COC)cc3)C2)nc2c1CN(C)CC2. The zero-order valence-corrected chi connectivity index (χ0v) is 18.1. The number of nitrogens with one attached hydrogen (secondary N) is 1. The second-order valence-electron chi connectivity index (χ2n) is 8.31. The lowest BCUT2D eigenvalue weighted by atomic mass is 9.95. The minimum atomic E-state index is 0.0806. The molecule has 2 aliphatic heterocycles. The highest BCUT2D eigenvalue weighted by Crippen LogP contribution is 2.30. The molecule has 30 heavy (non-hydrogen) atoms. The van der Waals surface area contributed by atoms with Gasteiger partial charge in [0.15, 0.2) is 0 Å². The van der Waals surface area contributed by atoms with Crippen molar-refractivity contribution in [3.8, 4) is 0 Å². The molecule has 7 nitrogen and oxygen atoms in total. The first-order chi connectivity index (χ1) is 14.6. The molecule has 0 bridgehead atoms. The third-order valence-corrected chi connectivity index (χ3v) is 6.09. The Hall–Kier alpha value is -2.51. The van der Waals surface area contributed by atoms with Gasteiger partial charge in [0.25, 0.3) is 5.91 Å². The lowest BCUT2D eigenvalue weighted by Gasteiger charge is -2.33. The standard InChI is InChI=1S/C23H31N5O2/c1-24-22-19-14-27(2)12-10-20(19)25-21(26-22)18-5-4-11-28(13-18)23(29)17-8-6-16(7-9-17)15-30-3/h6-9,18H,4-5,10-15H2,1-3H3,(H,24,25,26)/t18-/m0/s1. The number of amides is 1. The number of carbonyl (C=O) groups excluding carboxylic acids is 1. The number of hydrogen-bond acceptors (Lipinski definition) is 6. The van der Waals surface area contributed by atoms with E-state index in [0.29, 0.717) is 13.2 Å². The van der Waals surface area contributed by atoms with E-state index in [4.69, 9.17) is 14.7 Å². The Morgan fingerprint density at radius 3 is 2.77 bits per heavy atom. The van der Waals surface area contributed by atoms with Gasteiger partial charge in [-0.2, -0.15) is 0 Å². The van der Waals surface area contributed by atoms with Crippen LogP contribution in [0.1, 0.15) is 51.8 Å². The number of likely N-dealkylation sites (N-methyl/N-ethyl adjacent to an activating group) is 1. The fourth-order valence-electron chi connectivity index (χ4n) is 4.42. The summed E-state index contributed by atoms with van der Waals surface area (Å²) in [5, 5.41) is 3.26. The van der Waals surface area contributed by atoms with E-state index in [1.54, 1.807) is 7.11 Å². The number of hydrogen-bond donors (Lipinski definition) is 1. The normalized spacial score (nSPS) is 19.4. The van der Waals surface area contributed by atoms with Crippen molar-refractivity contribution < 1.29 is 9.53 Å². The molecule has 1 amide bonds. The first kappa shape index (κ1) is 20.8. The van der Waals surface area contributed by atoms with Crippen molar-refractivity contribution >= 4 is 11.7 Å².